The molecule has 4 atom stereocenters. The molecule has 0 aliphatic carbocycles. The third-order valence-electron chi connectivity index (χ3n) is 5.14. The van der Waals surface area contributed by atoms with Crippen LogP contribution in [0.5, 0.6) is 0 Å². The van der Waals surface area contributed by atoms with Gasteiger partial charge >= 0.3 is 0 Å². The van der Waals surface area contributed by atoms with Crippen LogP contribution in [0, 0.1) is 5.92 Å². The van der Waals surface area contributed by atoms with Crippen molar-refractivity contribution in [3.8, 4) is 0 Å². The lowest BCUT2D eigenvalue weighted by Gasteiger charge is -2.45. The van der Waals surface area contributed by atoms with Crippen molar-refractivity contribution in [1.29, 1.82) is 0 Å². The van der Waals surface area contributed by atoms with Gasteiger partial charge in [-0.05, 0) is 51.1 Å². The average Bonchev–Trinajstić information content (AvgIpc) is 2.87. The number of hydrogen-bond acceptors (Lipinski definition) is 3. The van der Waals surface area contributed by atoms with Crippen LogP contribution in [-0.2, 0) is 4.74 Å². The monoisotopic (exact) mass is 252 g/mol. The highest BCUT2D eigenvalue weighted by Gasteiger charge is 2.39. The van der Waals surface area contributed by atoms with Gasteiger partial charge in [-0.15, -0.1) is 0 Å². The molecular formula is C15H28N2O. The zero-order valence-electron chi connectivity index (χ0n) is 11.7. The van der Waals surface area contributed by atoms with E-state index in [9.17, 15) is 0 Å². The molecule has 3 rings (SSSR count). The van der Waals surface area contributed by atoms with Gasteiger partial charge < -0.3 is 10.1 Å². The van der Waals surface area contributed by atoms with E-state index in [4.69, 9.17) is 4.74 Å². The van der Waals surface area contributed by atoms with Crippen molar-refractivity contribution < 1.29 is 4.74 Å². The Kier molecular flexibility index (Phi) is 4.22. The maximum absolute atomic E-state index is 5.91. The van der Waals surface area contributed by atoms with E-state index in [0.717, 1.165) is 24.6 Å². The molecule has 3 aliphatic heterocycles. The summed E-state index contributed by atoms with van der Waals surface area (Å²) in [6.07, 6.45) is 8.40. The van der Waals surface area contributed by atoms with E-state index in [1.807, 2.05) is 0 Å². The largest absolute Gasteiger partial charge is 0.378 e. The van der Waals surface area contributed by atoms with E-state index in [2.05, 4.69) is 17.1 Å². The van der Waals surface area contributed by atoms with Crippen LogP contribution < -0.4 is 5.32 Å². The third-order valence-corrected chi connectivity index (χ3v) is 5.14. The molecule has 3 heterocycles. The first-order chi connectivity index (χ1) is 8.88. The molecule has 0 aromatic heterocycles. The summed E-state index contributed by atoms with van der Waals surface area (Å²) < 4.78 is 5.91. The molecule has 0 spiro atoms. The highest BCUT2D eigenvalue weighted by Crippen LogP contribution is 2.32. The number of nitrogens with one attached hydrogen (secondary N) is 1. The van der Waals surface area contributed by atoms with Gasteiger partial charge in [0, 0.05) is 25.2 Å². The van der Waals surface area contributed by atoms with Gasteiger partial charge in [-0.1, -0.05) is 13.3 Å². The molecule has 0 amide bonds. The normalized spacial score (nSPS) is 41.8. The number of rotatable bonds is 3. The van der Waals surface area contributed by atoms with Gasteiger partial charge in [-0.3, -0.25) is 4.90 Å². The van der Waals surface area contributed by atoms with Crippen molar-refractivity contribution in [3.05, 3.63) is 0 Å². The lowest BCUT2D eigenvalue weighted by molar-refractivity contribution is -0.0492. The third kappa shape index (κ3) is 2.59. The minimum Gasteiger partial charge on any atom is -0.378 e. The van der Waals surface area contributed by atoms with Crippen LogP contribution in [-0.4, -0.2) is 49.3 Å². The average molecular weight is 252 g/mol. The van der Waals surface area contributed by atoms with Crippen molar-refractivity contribution in [2.75, 3.05) is 26.2 Å². The Morgan fingerprint density at radius 3 is 3.11 bits per heavy atom. The Labute approximate surface area is 111 Å². The highest BCUT2D eigenvalue weighted by molar-refractivity contribution is 4.95. The minimum absolute atomic E-state index is 0.531. The Morgan fingerprint density at radius 2 is 2.22 bits per heavy atom. The fraction of sp³-hybridized carbons (Fsp3) is 1.00. The van der Waals surface area contributed by atoms with E-state index in [1.54, 1.807) is 0 Å². The summed E-state index contributed by atoms with van der Waals surface area (Å²) in [5, 5.41) is 3.60. The van der Waals surface area contributed by atoms with E-state index in [0.29, 0.717) is 6.10 Å². The van der Waals surface area contributed by atoms with Gasteiger partial charge in [0.05, 0.1) is 6.10 Å². The number of hydrogen-bond donors (Lipinski definition) is 1. The molecule has 0 bridgehead atoms. The molecule has 3 heteroatoms. The Hall–Kier alpha value is -0.120. The first kappa shape index (κ1) is 12.9. The number of piperidine rings is 1. The van der Waals surface area contributed by atoms with Crippen molar-refractivity contribution in [2.24, 2.45) is 5.92 Å². The number of nitrogens with zero attached hydrogens (tertiary/aromatic N) is 1. The molecule has 1 N–H and O–H groups in total. The van der Waals surface area contributed by atoms with Crippen molar-refractivity contribution in [1.82, 2.24) is 10.2 Å². The highest BCUT2D eigenvalue weighted by atomic mass is 16.5. The smallest absolute Gasteiger partial charge is 0.0590 e. The molecule has 104 valence electrons. The van der Waals surface area contributed by atoms with Gasteiger partial charge in [0.1, 0.15) is 0 Å². The second kappa shape index (κ2) is 5.89. The van der Waals surface area contributed by atoms with Crippen LogP contribution in [0.25, 0.3) is 0 Å². The zero-order valence-corrected chi connectivity index (χ0v) is 11.7. The quantitative estimate of drug-likeness (QED) is 0.831. The summed E-state index contributed by atoms with van der Waals surface area (Å²) in [4.78, 5) is 2.83. The van der Waals surface area contributed by atoms with E-state index >= 15 is 0 Å². The summed E-state index contributed by atoms with van der Waals surface area (Å²) in [7, 11) is 0. The van der Waals surface area contributed by atoms with Crippen molar-refractivity contribution in [2.45, 2.75) is 63.6 Å². The van der Waals surface area contributed by atoms with Gasteiger partial charge in [-0.2, -0.15) is 0 Å². The number of likely N-dealkylation sites (tertiary alicyclic amines) is 1. The zero-order chi connectivity index (χ0) is 12.4. The van der Waals surface area contributed by atoms with Crippen LogP contribution >= 0.6 is 0 Å². The van der Waals surface area contributed by atoms with Gasteiger partial charge in [0.15, 0.2) is 0 Å². The fourth-order valence-electron chi connectivity index (χ4n) is 4.24. The maximum atomic E-state index is 5.91. The van der Waals surface area contributed by atoms with E-state index in [1.165, 1.54) is 58.2 Å². The topological polar surface area (TPSA) is 24.5 Å². The standard InChI is InChI=1S/C15H28N2O/c1-2-4-14-9-13(6-8-18-14)17-7-3-5-12-10-16-11-15(12)17/h12-16H,2-11H2,1H3. The molecule has 0 aromatic carbocycles. The fourth-order valence-corrected chi connectivity index (χ4v) is 4.24. The molecule has 3 aliphatic rings. The van der Waals surface area contributed by atoms with Crippen LogP contribution in [0.4, 0.5) is 0 Å². The summed E-state index contributed by atoms with van der Waals surface area (Å²) in [5.74, 6) is 0.922. The summed E-state index contributed by atoms with van der Waals surface area (Å²) >= 11 is 0. The lowest BCUT2D eigenvalue weighted by atomic mass is 9.88. The first-order valence-electron chi connectivity index (χ1n) is 7.96. The first-order valence-corrected chi connectivity index (χ1v) is 7.96. The predicted molar refractivity (Wildman–Crippen MR) is 73.8 cm³/mol. The second-order valence-electron chi connectivity index (χ2n) is 6.33. The lowest BCUT2D eigenvalue weighted by Crippen LogP contribution is -2.53. The molecule has 0 saturated carbocycles. The van der Waals surface area contributed by atoms with Crippen LogP contribution in [0.1, 0.15) is 45.4 Å². The summed E-state index contributed by atoms with van der Waals surface area (Å²) in [6.45, 7) is 7.05. The van der Waals surface area contributed by atoms with Gasteiger partial charge in [0.25, 0.3) is 0 Å². The Balaban J connectivity index is 1.62. The second-order valence-corrected chi connectivity index (χ2v) is 6.33. The Morgan fingerprint density at radius 1 is 1.28 bits per heavy atom. The molecule has 18 heavy (non-hydrogen) atoms. The van der Waals surface area contributed by atoms with E-state index in [-0.39, 0.29) is 0 Å². The molecule has 0 aromatic rings. The van der Waals surface area contributed by atoms with E-state index < -0.39 is 0 Å². The van der Waals surface area contributed by atoms with Crippen molar-refractivity contribution in [3.63, 3.8) is 0 Å². The van der Waals surface area contributed by atoms with Crippen LogP contribution in [0.2, 0.25) is 0 Å². The van der Waals surface area contributed by atoms with Crippen LogP contribution in [0.15, 0.2) is 0 Å². The summed E-state index contributed by atoms with van der Waals surface area (Å²) in [5.41, 5.74) is 0. The molecule has 3 fully saturated rings. The summed E-state index contributed by atoms with van der Waals surface area (Å²) in [6, 6.07) is 1.62. The Bertz CT molecular complexity index is 269. The SMILES string of the molecule is CCCC1CC(N2CCCC3CNCC32)CCO1. The number of ether oxygens (including phenoxy) is 1. The molecule has 4 unspecified atom stereocenters. The van der Waals surface area contributed by atoms with Gasteiger partial charge in [0.2, 0.25) is 0 Å². The molecule has 3 saturated heterocycles. The van der Waals surface area contributed by atoms with Gasteiger partial charge in [-0.25, -0.2) is 0 Å². The minimum atomic E-state index is 0.531. The molecule has 3 nitrogen and oxygen atoms in total. The molecular weight excluding hydrogens is 224 g/mol. The number of fused-ring (bicyclic) bond motifs is 1. The van der Waals surface area contributed by atoms with Crippen LogP contribution in [0.3, 0.4) is 0 Å². The predicted octanol–water partition coefficient (Wildman–Crippen LogP) is 2.02. The maximum Gasteiger partial charge on any atom is 0.0590 e. The van der Waals surface area contributed by atoms with Crippen molar-refractivity contribution >= 4 is 0 Å². The molecule has 0 radical (unpaired) electrons.